The third-order valence-electron chi connectivity index (χ3n) is 1.90. The van der Waals surface area contributed by atoms with Crippen LogP contribution in [0.25, 0.3) is 0 Å². The molecule has 0 amide bonds. The molecule has 2 N–H and O–H groups in total. The van der Waals surface area contributed by atoms with E-state index in [1.54, 1.807) is 0 Å². The van der Waals surface area contributed by atoms with Crippen molar-refractivity contribution in [3.63, 3.8) is 0 Å². The van der Waals surface area contributed by atoms with Crippen LogP contribution in [0, 0.1) is 0 Å². The van der Waals surface area contributed by atoms with Crippen LogP contribution in [0.15, 0.2) is 18.2 Å². The quantitative estimate of drug-likeness (QED) is 0.807. The molecule has 0 spiro atoms. The van der Waals surface area contributed by atoms with E-state index in [-0.39, 0.29) is 10.6 Å². The summed E-state index contributed by atoms with van der Waals surface area (Å²) in [5, 5.41) is -0.277. The molecule has 1 aromatic rings. The van der Waals surface area contributed by atoms with Gasteiger partial charge in [-0.15, -0.1) is 0 Å². The first kappa shape index (κ1) is 13.2. The molecule has 0 aliphatic heterocycles. The van der Waals surface area contributed by atoms with E-state index in [0.29, 0.717) is 12.1 Å². The molecule has 0 aromatic heterocycles. The highest BCUT2D eigenvalue weighted by Gasteiger charge is 2.32. The van der Waals surface area contributed by atoms with Crippen LogP contribution in [0.3, 0.4) is 0 Å². The van der Waals surface area contributed by atoms with Crippen LogP contribution in [0.2, 0.25) is 5.02 Å². The highest BCUT2D eigenvalue weighted by Crippen LogP contribution is 2.33. The second-order valence-electron chi connectivity index (χ2n) is 3.13. The van der Waals surface area contributed by atoms with Crippen molar-refractivity contribution in [3.8, 4) is 0 Å². The molecule has 0 aliphatic rings. The van der Waals surface area contributed by atoms with Gasteiger partial charge in [-0.1, -0.05) is 11.6 Å². The highest BCUT2D eigenvalue weighted by atomic mass is 35.5. The Morgan fingerprint density at radius 3 is 2.12 bits per heavy atom. The minimum Gasteiger partial charge on any atom is -0.319 e. The van der Waals surface area contributed by atoms with Crippen molar-refractivity contribution in [3.05, 3.63) is 34.3 Å². The maximum absolute atomic E-state index is 12.3. The third-order valence-corrected chi connectivity index (χ3v) is 2.12. The van der Waals surface area contributed by atoms with Gasteiger partial charge in [0.05, 0.1) is 11.6 Å². The SMILES string of the molecule is N[C@@H](c1cc(Cl)cc(C(F)(F)F)c1)C(F)F. The molecule has 0 radical (unpaired) electrons. The number of benzene rings is 1. The molecule has 0 aliphatic carbocycles. The monoisotopic (exact) mass is 259 g/mol. The zero-order valence-electron chi connectivity index (χ0n) is 7.73. The zero-order chi connectivity index (χ0) is 12.5. The summed E-state index contributed by atoms with van der Waals surface area (Å²) in [4.78, 5) is 0. The Balaban J connectivity index is 3.18. The van der Waals surface area contributed by atoms with Crippen LogP contribution < -0.4 is 5.73 Å². The lowest BCUT2D eigenvalue weighted by Gasteiger charge is -2.14. The number of nitrogens with two attached hydrogens (primary N) is 1. The molecule has 0 saturated heterocycles. The smallest absolute Gasteiger partial charge is 0.319 e. The fourth-order valence-electron chi connectivity index (χ4n) is 1.11. The van der Waals surface area contributed by atoms with E-state index in [9.17, 15) is 22.0 Å². The Morgan fingerprint density at radius 2 is 1.69 bits per heavy atom. The maximum Gasteiger partial charge on any atom is 0.416 e. The molecule has 1 aromatic carbocycles. The number of alkyl halides is 5. The predicted octanol–water partition coefficient (Wildman–Crippen LogP) is 3.62. The molecule has 0 bridgehead atoms. The van der Waals surface area contributed by atoms with Gasteiger partial charge >= 0.3 is 6.18 Å². The van der Waals surface area contributed by atoms with Gasteiger partial charge in [-0.2, -0.15) is 13.2 Å². The molecular weight excluding hydrogens is 253 g/mol. The minimum atomic E-state index is -4.64. The van der Waals surface area contributed by atoms with E-state index in [1.165, 1.54) is 0 Å². The molecule has 1 atom stereocenters. The Hall–Kier alpha value is -0.880. The number of hydrogen-bond donors (Lipinski definition) is 1. The highest BCUT2D eigenvalue weighted by molar-refractivity contribution is 6.30. The minimum absolute atomic E-state index is 0.277. The Kier molecular flexibility index (Phi) is 3.75. The molecule has 1 nitrogen and oxygen atoms in total. The largest absolute Gasteiger partial charge is 0.416 e. The first-order valence-corrected chi connectivity index (χ1v) is 4.51. The van der Waals surface area contributed by atoms with E-state index in [4.69, 9.17) is 17.3 Å². The van der Waals surface area contributed by atoms with Crippen molar-refractivity contribution in [2.45, 2.75) is 18.6 Å². The van der Waals surface area contributed by atoms with E-state index >= 15 is 0 Å². The maximum atomic E-state index is 12.3. The van der Waals surface area contributed by atoms with Gasteiger partial charge in [0.1, 0.15) is 0 Å². The summed E-state index contributed by atoms with van der Waals surface area (Å²) in [6, 6.07) is 0.444. The summed E-state index contributed by atoms with van der Waals surface area (Å²) in [5.74, 6) is 0. The van der Waals surface area contributed by atoms with Crippen molar-refractivity contribution in [1.82, 2.24) is 0 Å². The van der Waals surface area contributed by atoms with Crippen LogP contribution in [0.1, 0.15) is 17.2 Å². The normalized spacial score (nSPS) is 14.2. The predicted molar refractivity (Wildman–Crippen MR) is 49.4 cm³/mol. The van der Waals surface area contributed by atoms with Crippen molar-refractivity contribution in [2.24, 2.45) is 5.73 Å². The molecule has 1 rings (SSSR count). The Bertz CT molecular complexity index is 377. The van der Waals surface area contributed by atoms with E-state index in [1.807, 2.05) is 0 Å². The Labute approximate surface area is 93.0 Å². The fraction of sp³-hybridized carbons (Fsp3) is 0.333. The van der Waals surface area contributed by atoms with Gasteiger partial charge in [0, 0.05) is 5.02 Å². The van der Waals surface area contributed by atoms with Gasteiger partial charge in [0.25, 0.3) is 6.43 Å². The van der Waals surface area contributed by atoms with Crippen molar-refractivity contribution >= 4 is 11.6 Å². The number of rotatable bonds is 2. The van der Waals surface area contributed by atoms with Gasteiger partial charge < -0.3 is 5.73 Å². The zero-order valence-corrected chi connectivity index (χ0v) is 8.49. The van der Waals surface area contributed by atoms with Crippen LogP contribution in [-0.4, -0.2) is 6.43 Å². The lowest BCUT2D eigenvalue weighted by atomic mass is 10.0. The lowest BCUT2D eigenvalue weighted by molar-refractivity contribution is -0.137. The van der Waals surface area contributed by atoms with E-state index < -0.39 is 24.2 Å². The standard InChI is InChI=1S/C9H7ClF5N/c10-6-2-4(7(16)8(11)12)1-5(3-6)9(13,14)15/h1-3,7-8H,16H2/t7-/m0/s1. The van der Waals surface area contributed by atoms with E-state index in [0.717, 1.165) is 6.07 Å². The van der Waals surface area contributed by atoms with Gasteiger partial charge in [-0.3, -0.25) is 0 Å². The van der Waals surface area contributed by atoms with Crippen molar-refractivity contribution < 1.29 is 22.0 Å². The second kappa shape index (κ2) is 4.55. The van der Waals surface area contributed by atoms with Crippen LogP contribution in [0.5, 0.6) is 0 Å². The van der Waals surface area contributed by atoms with Gasteiger partial charge in [0.2, 0.25) is 0 Å². The topological polar surface area (TPSA) is 26.0 Å². The van der Waals surface area contributed by atoms with Crippen LogP contribution >= 0.6 is 11.6 Å². The molecule has 90 valence electrons. The lowest BCUT2D eigenvalue weighted by Crippen LogP contribution is -2.19. The summed E-state index contributed by atoms with van der Waals surface area (Å²) in [6.07, 6.45) is -7.58. The van der Waals surface area contributed by atoms with Crippen molar-refractivity contribution in [2.75, 3.05) is 0 Å². The molecule has 0 heterocycles. The van der Waals surface area contributed by atoms with Gasteiger partial charge in [0.15, 0.2) is 0 Å². The average Bonchev–Trinajstić information content (AvgIpc) is 2.14. The summed E-state index contributed by atoms with van der Waals surface area (Å²) in [5.41, 5.74) is 3.61. The molecule has 16 heavy (non-hydrogen) atoms. The Morgan fingerprint density at radius 1 is 1.12 bits per heavy atom. The first-order valence-electron chi connectivity index (χ1n) is 4.13. The number of halogens is 6. The summed E-state index contributed by atoms with van der Waals surface area (Å²) >= 11 is 5.40. The van der Waals surface area contributed by atoms with E-state index in [2.05, 4.69) is 0 Å². The first-order chi connectivity index (χ1) is 7.21. The number of hydrogen-bond acceptors (Lipinski definition) is 1. The van der Waals surface area contributed by atoms with Gasteiger partial charge in [-0.05, 0) is 23.8 Å². The summed E-state index contributed by atoms with van der Waals surface area (Å²) in [6.45, 7) is 0. The summed E-state index contributed by atoms with van der Waals surface area (Å²) in [7, 11) is 0. The fourth-order valence-corrected chi connectivity index (χ4v) is 1.36. The second-order valence-corrected chi connectivity index (χ2v) is 3.57. The molecule has 7 heteroatoms. The van der Waals surface area contributed by atoms with Crippen LogP contribution in [-0.2, 0) is 6.18 Å². The molecule has 0 unspecified atom stereocenters. The molecule has 0 fully saturated rings. The van der Waals surface area contributed by atoms with Gasteiger partial charge in [-0.25, -0.2) is 8.78 Å². The molecule has 0 saturated carbocycles. The summed E-state index contributed by atoms with van der Waals surface area (Å²) < 4.78 is 61.4. The van der Waals surface area contributed by atoms with Crippen molar-refractivity contribution in [1.29, 1.82) is 0 Å². The average molecular weight is 260 g/mol. The third kappa shape index (κ3) is 3.05. The molecular formula is C9H7ClF5N. The van der Waals surface area contributed by atoms with Crippen LogP contribution in [0.4, 0.5) is 22.0 Å².